The fourth-order valence-electron chi connectivity index (χ4n) is 1.84. The molecule has 0 aliphatic rings. The molecule has 0 unspecified atom stereocenters. The molecule has 7 heteroatoms. The molecule has 0 bridgehead atoms. The Morgan fingerprint density at radius 1 is 1.29 bits per heavy atom. The maximum absolute atomic E-state index is 13.2. The molecule has 2 amide bonds. The fraction of sp³-hybridized carbons (Fsp3) is 0.286. The number of carbonyl (C=O) groups is 2. The topological polar surface area (TPSA) is 66.6 Å². The highest BCUT2D eigenvalue weighted by molar-refractivity contribution is 7.21. The number of halogens is 1. The first-order valence-corrected chi connectivity index (χ1v) is 7.06. The number of likely N-dealkylation sites (N-methyl/N-ethyl adjacent to an activating group) is 2. The summed E-state index contributed by atoms with van der Waals surface area (Å²) in [6.07, 6.45) is 0. The van der Waals surface area contributed by atoms with Crippen LogP contribution in [0.25, 0.3) is 10.1 Å². The Morgan fingerprint density at radius 2 is 1.95 bits per heavy atom. The van der Waals surface area contributed by atoms with Gasteiger partial charge in [0.15, 0.2) is 0 Å². The lowest BCUT2D eigenvalue weighted by molar-refractivity contribution is -0.129. The highest BCUT2D eigenvalue weighted by atomic mass is 32.1. The standard InChI is InChI=1S/C14H16FN3O2S/c1-17(2)11(19)7-18(3)14(20)13-12(16)9-6-8(15)4-5-10(9)21-13/h4-6H,7,16H2,1-3H3. The van der Waals surface area contributed by atoms with Crippen LogP contribution < -0.4 is 5.73 Å². The van der Waals surface area contributed by atoms with E-state index < -0.39 is 5.82 Å². The molecule has 21 heavy (non-hydrogen) atoms. The van der Waals surface area contributed by atoms with Crippen LogP contribution in [0.4, 0.5) is 10.1 Å². The third kappa shape index (κ3) is 2.97. The molecular weight excluding hydrogens is 293 g/mol. The van der Waals surface area contributed by atoms with E-state index in [0.29, 0.717) is 10.3 Å². The van der Waals surface area contributed by atoms with Crippen molar-refractivity contribution in [1.82, 2.24) is 9.80 Å². The second-order valence-electron chi connectivity index (χ2n) is 4.93. The van der Waals surface area contributed by atoms with Crippen LogP contribution in [-0.4, -0.2) is 49.3 Å². The summed E-state index contributed by atoms with van der Waals surface area (Å²) in [5.74, 6) is -0.928. The van der Waals surface area contributed by atoms with E-state index >= 15 is 0 Å². The van der Waals surface area contributed by atoms with Crippen LogP contribution in [0.5, 0.6) is 0 Å². The van der Waals surface area contributed by atoms with Crippen molar-refractivity contribution >= 4 is 38.9 Å². The molecule has 0 radical (unpaired) electrons. The summed E-state index contributed by atoms with van der Waals surface area (Å²) in [5, 5.41) is 0.524. The molecule has 2 N–H and O–H groups in total. The maximum atomic E-state index is 13.2. The zero-order valence-electron chi connectivity index (χ0n) is 12.0. The van der Waals surface area contributed by atoms with Crippen LogP contribution in [0.2, 0.25) is 0 Å². The molecule has 112 valence electrons. The third-order valence-electron chi connectivity index (χ3n) is 3.10. The molecule has 1 aromatic carbocycles. The second-order valence-corrected chi connectivity index (χ2v) is 5.99. The van der Waals surface area contributed by atoms with Crippen molar-refractivity contribution < 1.29 is 14.0 Å². The molecule has 0 fully saturated rings. The van der Waals surface area contributed by atoms with Crippen molar-refractivity contribution in [2.75, 3.05) is 33.4 Å². The Kier molecular flexibility index (Phi) is 4.13. The minimum Gasteiger partial charge on any atom is -0.397 e. The third-order valence-corrected chi connectivity index (χ3v) is 4.28. The number of benzene rings is 1. The first kappa shape index (κ1) is 15.2. The predicted octanol–water partition coefficient (Wildman–Crippen LogP) is 1.78. The van der Waals surface area contributed by atoms with Gasteiger partial charge in [-0.1, -0.05) is 0 Å². The van der Waals surface area contributed by atoms with Gasteiger partial charge in [-0.15, -0.1) is 11.3 Å². The number of fused-ring (bicyclic) bond motifs is 1. The number of hydrogen-bond donors (Lipinski definition) is 1. The molecule has 0 atom stereocenters. The van der Waals surface area contributed by atoms with Crippen LogP contribution in [0, 0.1) is 5.82 Å². The van der Waals surface area contributed by atoms with Crippen molar-refractivity contribution in [3.05, 3.63) is 28.9 Å². The molecule has 5 nitrogen and oxygen atoms in total. The van der Waals surface area contributed by atoms with Gasteiger partial charge in [0.05, 0.1) is 12.2 Å². The summed E-state index contributed by atoms with van der Waals surface area (Å²) in [4.78, 5) is 27.1. The molecule has 2 rings (SSSR count). The zero-order valence-corrected chi connectivity index (χ0v) is 12.8. The van der Waals surface area contributed by atoms with Gasteiger partial charge in [-0.25, -0.2) is 4.39 Å². The van der Waals surface area contributed by atoms with E-state index in [1.807, 2.05) is 0 Å². The largest absolute Gasteiger partial charge is 0.397 e. The average molecular weight is 309 g/mol. The van der Waals surface area contributed by atoms with E-state index in [2.05, 4.69) is 0 Å². The Labute approximate surface area is 125 Å². The number of nitrogen functional groups attached to an aromatic ring is 1. The molecule has 0 spiro atoms. The number of hydrogen-bond acceptors (Lipinski definition) is 4. The summed E-state index contributed by atoms with van der Waals surface area (Å²) in [7, 11) is 4.78. The van der Waals surface area contributed by atoms with Crippen molar-refractivity contribution in [2.24, 2.45) is 0 Å². The number of rotatable bonds is 3. The van der Waals surface area contributed by atoms with Crippen LogP contribution in [0.1, 0.15) is 9.67 Å². The summed E-state index contributed by atoms with van der Waals surface area (Å²) in [5.41, 5.74) is 6.19. The second kappa shape index (κ2) is 5.69. The Balaban J connectivity index is 2.31. The predicted molar refractivity (Wildman–Crippen MR) is 81.8 cm³/mol. The van der Waals surface area contributed by atoms with E-state index in [0.717, 1.165) is 4.70 Å². The molecule has 0 saturated heterocycles. The SMILES string of the molecule is CN(C)C(=O)CN(C)C(=O)c1sc2ccc(F)cc2c1N. The number of carbonyl (C=O) groups excluding carboxylic acids is 2. The normalized spacial score (nSPS) is 10.7. The number of thiophene rings is 1. The lowest BCUT2D eigenvalue weighted by atomic mass is 10.2. The molecule has 0 saturated carbocycles. The zero-order chi connectivity index (χ0) is 15.7. The van der Waals surface area contributed by atoms with Gasteiger partial charge in [0.25, 0.3) is 5.91 Å². The van der Waals surface area contributed by atoms with Gasteiger partial charge in [0.1, 0.15) is 10.7 Å². The number of nitrogens with two attached hydrogens (primary N) is 1. The van der Waals surface area contributed by atoms with E-state index in [1.165, 1.54) is 40.3 Å². The molecule has 0 aliphatic heterocycles. The Morgan fingerprint density at radius 3 is 2.57 bits per heavy atom. The first-order chi connectivity index (χ1) is 9.81. The Bertz CT molecular complexity index is 712. The van der Waals surface area contributed by atoms with Gasteiger partial charge in [0.2, 0.25) is 5.91 Å². The lowest BCUT2D eigenvalue weighted by Crippen LogP contribution is -2.37. The van der Waals surface area contributed by atoms with Crippen molar-refractivity contribution in [2.45, 2.75) is 0 Å². The number of amides is 2. The first-order valence-electron chi connectivity index (χ1n) is 6.24. The van der Waals surface area contributed by atoms with Crippen molar-refractivity contribution in [3.63, 3.8) is 0 Å². The van der Waals surface area contributed by atoms with E-state index in [9.17, 15) is 14.0 Å². The summed E-state index contributed by atoms with van der Waals surface area (Å²) < 4.78 is 14.0. The quantitative estimate of drug-likeness (QED) is 0.940. The van der Waals surface area contributed by atoms with Crippen molar-refractivity contribution in [1.29, 1.82) is 0 Å². The van der Waals surface area contributed by atoms with Gasteiger partial charge in [0, 0.05) is 31.2 Å². The molecule has 0 aliphatic carbocycles. The van der Waals surface area contributed by atoms with Crippen LogP contribution >= 0.6 is 11.3 Å². The van der Waals surface area contributed by atoms with E-state index in [4.69, 9.17) is 5.73 Å². The highest BCUT2D eigenvalue weighted by Gasteiger charge is 2.22. The number of nitrogens with zero attached hydrogens (tertiary/aromatic N) is 2. The van der Waals surface area contributed by atoms with E-state index in [-0.39, 0.29) is 24.0 Å². The molecule has 1 aromatic heterocycles. The average Bonchev–Trinajstić information content (AvgIpc) is 2.75. The van der Waals surface area contributed by atoms with Crippen LogP contribution in [0.3, 0.4) is 0 Å². The highest BCUT2D eigenvalue weighted by Crippen LogP contribution is 2.34. The monoisotopic (exact) mass is 309 g/mol. The minimum atomic E-state index is -0.401. The molecule has 2 aromatic rings. The smallest absolute Gasteiger partial charge is 0.266 e. The number of anilines is 1. The molecular formula is C14H16FN3O2S. The molecule has 1 heterocycles. The van der Waals surface area contributed by atoms with Gasteiger partial charge in [-0.3, -0.25) is 9.59 Å². The van der Waals surface area contributed by atoms with Gasteiger partial charge >= 0.3 is 0 Å². The Hall–Kier alpha value is -2.15. The summed E-state index contributed by atoms with van der Waals surface area (Å²) in [6, 6.07) is 4.22. The van der Waals surface area contributed by atoms with Crippen molar-refractivity contribution in [3.8, 4) is 0 Å². The van der Waals surface area contributed by atoms with Gasteiger partial charge in [-0.05, 0) is 18.2 Å². The lowest BCUT2D eigenvalue weighted by Gasteiger charge is -2.18. The summed E-state index contributed by atoms with van der Waals surface area (Å²) in [6.45, 7) is -0.0338. The maximum Gasteiger partial charge on any atom is 0.266 e. The minimum absolute atomic E-state index is 0.0338. The van der Waals surface area contributed by atoms with E-state index in [1.54, 1.807) is 20.2 Å². The fourth-order valence-corrected chi connectivity index (χ4v) is 2.94. The van der Waals surface area contributed by atoms with Crippen LogP contribution in [-0.2, 0) is 4.79 Å². The summed E-state index contributed by atoms with van der Waals surface area (Å²) >= 11 is 1.20. The van der Waals surface area contributed by atoms with Crippen LogP contribution in [0.15, 0.2) is 18.2 Å². The van der Waals surface area contributed by atoms with Gasteiger partial charge in [-0.2, -0.15) is 0 Å². The van der Waals surface area contributed by atoms with Gasteiger partial charge < -0.3 is 15.5 Å².